The monoisotopic (exact) mass is 453 g/mol. The first-order chi connectivity index (χ1) is 15.2. The summed E-state index contributed by atoms with van der Waals surface area (Å²) in [7, 11) is -3.37. The Balaban J connectivity index is 1.41. The lowest BCUT2D eigenvalue weighted by Gasteiger charge is -2.29. The first-order valence-corrected chi connectivity index (χ1v) is 12.0. The molecule has 8 nitrogen and oxygen atoms in total. The minimum Gasteiger partial charge on any atom is -0.454 e. The minimum atomic E-state index is -3.37. The van der Waals surface area contributed by atoms with Crippen LogP contribution >= 0.6 is 0 Å². The largest absolute Gasteiger partial charge is 0.454 e. The molecule has 3 aromatic rings. The van der Waals surface area contributed by atoms with Crippen LogP contribution in [0.3, 0.4) is 0 Å². The number of ketones is 1. The maximum Gasteiger partial charge on any atom is 0.338 e. The van der Waals surface area contributed by atoms with Crippen LogP contribution in [-0.2, 0) is 21.2 Å². The van der Waals surface area contributed by atoms with Gasteiger partial charge in [0.15, 0.2) is 12.4 Å². The van der Waals surface area contributed by atoms with Crippen molar-refractivity contribution in [1.29, 1.82) is 0 Å². The third kappa shape index (κ3) is 4.43. The van der Waals surface area contributed by atoms with Crippen molar-refractivity contribution in [2.75, 3.05) is 23.7 Å². The third-order valence-electron chi connectivity index (χ3n) is 5.39. The molecule has 0 fully saturated rings. The van der Waals surface area contributed by atoms with E-state index in [1.165, 1.54) is 10.6 Å². The topological polar surface area (TPSA) is 98.6 Å². The maximum atomic E-state index is 12.6. The highest BCUT2D eigenvalue weighted by Gasteiger charge is 2.25. The van der Waals surface area contributed by atoms with E-state index in [-0.39, 0.29) is 5.78 Å². The molecule has 0 saturated carbocycles. The maximum absolute atomic E-state index is 12.6. The Morgan fingerprint density at radius 1 is 1.06 bits per heavy atom. The van der Waals surface area contributed by atoms with Crippen molar-refractivity contribution < 1.29 is 22.7 Å². The van der Waals surface area contributed by atoms with Gasteiger partial charge in [-0.2, -0.15) is 5.10 Å². The van der Waals surface area contributed by atoms with Crippen LogP contribution in [0.2, 0.25) is 0 Å². The van der Waals surface area contributed by atoms with Gasteiger partial charge in [-0.15, -0.1) is 0 Å². The summed E-state index contributed by atoms with van der Waals surface area (Å²) in [5.41, 5.74) is 3.90. The SMILES string of the molecule is Cc1ccnn1-c1ccc(C(=O)OCC(=O)c2ccc3c(c2)CCCN3S(C)(=O)=O)cc1. The Bertz CT molecular complexity index is 1280. The van der Waals surface area contributed by atoms with Crippen molar-refractivity contribution in [3.8, 4) is 5.69 Å². The Morgan fingerprint density at radius 2 is 1.78 bits per heavy atom. The van der Waals surface area contributed by atoms with Gasteiger partial charge >= 0.3 is 5.97 Å². The molecule has 0 unspecified atom stereocenters. The van der Waals surface area contributed by atoms with Crippen molar-refractivity contribution in [3.05, 3.63) is 77.1 Å². The number of anilines is 1. The number of ether oxygens (including phenoxy) is 1. The highest BCUT2D eigenvalue weighted by Crippen LogP contribution is 2.30. The molecule has 0 atom stereocenters. The number of benzene rings is 2. The van der Waals surface area contributed by atoms with E-state index >= 15 is 0 Å². The number of fused-ring (bicyclic) bond motifs is 1. The fourth-order valence-corrected chi connectivity index (χ4v) is 4.75. The van der Waals surface area contributed by atoms with E-state index in [9.17, 15) is 18.0 Å². The molecule has 9 heteroatoms. The highest BCUT2D eigenvalue weighted by atomic mass is 32.2. The molecule has 4 rings (SSSR count). The molecule has 166 valence electrons. The van der Waals surface area contributed by atoms with Crippen LogP contribution in [-0.4, -0.2) is 49.4 Å². The summed E-state index contributed by atoms with van der Waals surface area (Å²) in [6, 6.07) is 13.5. The van der Waals surface area contributed by atoms with Crippen molar-refractivity contribution in [1.82, 2.24) is 9.78 Å². The second kappa shape index (κ2) is 8.58. The zero-order chi connectivity index (χ0) is 22.9. The van der Waals surface area contributed by atoms with Gasteiger partial charge in [-0.1, -0.05) is 0 Å². The van der Waals surface area contributed by atoms with Gasteiger partial charge in [0.05, 0.1) is 23.2 Å². The van der Waals surface area contributed by atoms with Crippen LogP contribution in [0.5, 0.6) is 0 Å². The molecule has 0 saturated heterocycles. The molecule has 0 aliphatic carbocycles. The smallest absolute Gasteiger partial charge is 0.338 e. The number of nitrogens with zero attached hydrogens (tertiary/aromatic N) is 3. The van der Waals surface area contributed by atoms with Gasteiger partial charge in [-0.25, -0.2) is 17.9 Å². The van der Waals surface area contributed by atoms with Crippen LogP contribution in [0.25, 0.3) is 5.69 Å². The molecule has 1 aliphatic rings. The number of esters is 1. The molecule has 0 N–H and O–H groups in total. The molecule has 2 heterocycles. The number of hydrogen-bond acceptors (Lipinski definition) is 6. The van der Waals surface area contributed by atoms with E-state index in [1.54, 1.807) is 53.3 Å². The van der Waals surface area contributed by atoms with Gasteiger partial charge < -0.3 is 4.74 Å². The minimum absolute atomic E-state index is 0.334. The normalized spacial score (nSPS) is 13.5. The molecule has 1 aliphatic heterocycles. The molecule has 2 aromatic carbocycles. The molecule has 0 amide bonds. The molecular weight excluding hydrogens is 430 g/mol. The Kier molecular flexibility index (Phi) is 5.84. The van der Waals surface area contributed by atoms with E-state index in [1.807, 2.05) is 13.0 Å². The van der Waals surface area contributed by atoms with Gasteiger partial charge in [-0.05, 0) is 73.9 Å². The zero-order valence-corrected chi connectivity index (χ0v) is 18.6. The van der Waals surface area contributed by atoms with E-state index in [0.29, 0.717) is 36.2 Å². The van der Waals surface area contributed by atoms with Crippen molar-refractivity contribution in [2.45, 2.75) is 19.8 Å². The predicted molar refractivity (Wildman–Crippen MR) is 120 cm³/mol. The fraction of sp³-hybridized carbons (Fsp3) is 0.261. The van der Waals surface area contributed by atoms with Gasteiger partial charge in [0.1, 0.15) is 0 Å². The Morgan fingerprint density at radius 3 is 2.44 bits per heavy atom. The van der Waals surface area contributed by atoms with Crippen LogP contribution in [0.4, 0.5) is 5.69 Å². The standard InChI is InChI=1S/C23H23N3O5S/c1-16-11-12-24-26(16)20-8-5-17(6-9-20)23(28)31-15-22(27)19-7-10-21-18(14-19)4-3-13-25(21)32(2,29)30/h5-12,14H,3-4,13,15H2,1-2H3. The molecule has 0 spiro atoms. The summed E-state index contributed by atoms with van der Waals surface area (Å²) >= 11 is 0. The number of carbonyl (C=O) groups is 2. The number of Topliss-reactive ketones (excluding diaryl/α,β-unsaturated/α-hetero) is 1. The summed E-state index contributed by atoms with van der Waals surface area (Å²) in [5, 5.41) is 4.22. The van der Waals surface area contributed by atoms with Gasteiger partial charge in [-0.3, -0.25) is 9.10 Å². The first kappa shape index (κ1) is 21.8. The Hall–Kier alpha value is -3.46. The molecular formula is C23H23N3O5S. The number of aromatic nitrogens is 2. The second-order valence-corrected chi connectivity index (χ2v) is 9.62. The van der Waals surface area contributed by atoms with E-state index in [4.69, 9.17) is 4.74 Å². The number of carbonyl (C=O) groups excluding carboxylic acids is 2. The Labute approximate surface area is 186 Å². The molecule has 0 bridgehead atoms. The summed E-state index contributed by atoms with van der Waals surface area (Å²) in [6.07, 6.45) is 4.23. The van der Waals surface area contributed by atoms with Crippen LogP contribution in [0.1, 0.15) is 38.4 Å². The zero-order valence-electron chi connectivity index (χ0n) is 17.8. The number of hydrogen-bond donors (Lipinski definition) is 0. The lowest BCUT2D eigenvalue weighted by molar-refractivity contribution is 0.0474. The van der Waals surface area contributed by atoms with Crippen molar-refractivity contribution in [3.63, 3.8) is 0 Å². The fourth-order valence-electron chi connectivity index (χ4n) is 3.76. The number of sulfonamides is 1. The summed E-state index contributed by atoms with van der Waals surface area (Å²) < 4.78 is 32.3. The average Bonchev–Trinajstić information content (AvgIpc) is 3.21. The number of aryl methyl sites for hydroxylation is 2. The molecule has 0 radical (unpaired) electrons. The van der Waals surface area contributed by atoms with Crippen LogP contribution < -0.4 is 4.31 Å². The first-order valence-electron chi connectivity index (χ1n) is 10.2. The number of rotatable bonds is 6. The summed E-state index contributed by atoms with van der Waals surface area (Å²) in [5.74, 6) is -0.940. The van der Waals surface area contributed by atoms with E-state index in [2.05, 4.69) is 5.10 Å². The van der Waals surface area contributed by atoms with Crippen LogP contribution in [0.15, 0.2) is 54.7 Å². The van der Waals surface area contributed by atoms with Crippen molar-refractivity contribution in [2.24, 2.45) is 0 Å². The summed E-state index contributed by atoms with van der Waals surface area (Å²) in [6.45, 7) is 1.96. The lowest BCUT2D eigenvalue weighted by atomic mass is 9.99. The highest BCUT2D eigenvalue weighted by molar-refractivity contribution is 7.92. The van der Waals surface area contributed by atoms with E-state index in [0.717, 1.165) is 16.9 Å². The molecule has 32 heavy (non-hydrogen) atoms. The van der Waals surface area contributed by atoms with Gasteiger partial charge in [0.25, 0.3) is 0 Å². The average molecular weight is 454 g/mol. The quantitative estimate of drug-likeness (QED) is 0.420. The van der Waals surface area contributed by atoms with Crippen LogP contribution in [0, 0.1) is 6.92 Å². The summed E-state index contributed by atoms with van der Waals surface area (Å²) in [4.78, 5) is 24.9. The van der Waals surface area contributed by atoms with Gasteiger partial charge in [0, 0.05) is 24.0 Å². The third-order valence-corrected chi connectivity index (χ3v) is 6.57. The molecule has 1 aromatic heterocycles. The van der Waals surface area contributed by atoms with E-state index < -0.39 is 22.6 Å². The second-order valence-electron chi connectivity index (χ2n) is 7.71. The predicted octanol–water partition coefficient (Wildman–Crippen LogP) is 2.93. The lowest BCUT2D eigenvalue weighted by Crippen LogP contribution is -2.34. The van der Waals surface area contributed by atoms with Crippen molar-refractivity contribution >= 4 is 27.5 Å². The van der Waals surface area contributed by atoms with Gasteiger partial charge in [0.2, 0.25) is 10.0 Å².